The van der Waals surface area contributed by atoms with Crippen molar-refractivity contribution in [3.8, 4) is 22.9 Å². The first-order valence-electron chi connectivity index (χ1n) is 14.2. The number of hydrogen-bond acceptors (Lipinski definition) is 7. The Morgan fingerprint density at radius 3 is 2.55 bits per heavy atom. The smallest absolute Gasteiger partial charge is 0.389 e. The number of ether oxygens (including phenoxy) is 2. The second kappa shape index (κ2) is 14.2. The Hall–Kier alpha value is -4.62. The van der Waals surface area contributed by atoms with Gasteiger partial charge in [0.05, 0.1) is 32.7 Å². The van der Waals surface area contributed by atoms with Crippen LogP contribution in [0.15, 0.2) is 48.5 Å². The average Bonchev–Trinajstić information content (AvgIpc) is 3.41. The maximum Gasteiger partial charge on any atom is 0.389 e. The van der Waals surface area contributed by atoms with Crippen LogP contribution in [0.25, 0.3) is 11.4 Å². The lowest BCUT2D eigenvalue weighted by Crippen LogP contribution is -2.46. The molecule has 3 amide bonds. The molecule has 0 saturated heterocycles. The molecule has 4 rings (SSSR count). The Kier molecular flexibility index (Phi) is 10.4. The molecule has 2 N–H and O–H groups in total. The lowest BCUT2D eigenvalue weighted by Gasteiger charge is -2.26. The molecule has 0 spiro atoms. The summed E-state index contributed by atoms with van der Waals surface area (Å²) in [4.78, 5) is 44.8. The van der Waals surface area contributed by atoms with Crippen molar-refractivity contribution in [3.05, 3.63) is 59.9 Å². The molecule has 11 nitrogen and oxygen atoms in total. The third kappa shape index (κ3) is 8.48. The molecule has 0 radical (unpaired) electrons. The second-order valence-electron chi connectivity index (χ2n) is 10.6. The Bertz CT molecular complexity index is 1460. The molecular formula is C30H35F3N6O5. The van der Waals surface area contributed by atoms with E-state index in [2.05, 4.69) is 15.7 Å². The molecule has 1 atom stereocenters. The van der Waals surface area contributed by atoms with Crippen molar-refractivity contribution in [1.29, 1.82) is 0 Å². The van der Waals surface area contributed by atoms with Crippen molar-refractivity contribution in [2.24, 2.45) is 5.92 Å². The fraction of sp³-hybridized carbons (Fsp3) is 0.433. The number of alkyl halides is 3. The molecule has 1 aliphatic heterocycles. The maximum atomic E-state index is 13.3. The quantitative estimate of drug-likeness (QED) is 0.447. The van der Waals surface area contributed by atoms with E-state index < -0.39 is 49.3 Å². The van der Waals surface area contributed by atoms with Crippen LogP contribution in [-0.2, 0) is 16.1 Å². The van der Waals surface area contributed by atoms with Gasteiger partial charge >= 0.3 is 6.18 Å². The normalized spacial score (nSPS) is 16.8. The molecule has 44 heavy (non-hydrogen) atoms. The number of rotatable bonds is 5. The fourth-order valence-corrected chi connectivity index (χ4v) is 4.66. The van der Waals surface area contributed by atoms with E-state index in [0.717, 1.165) is 10.5 Å². The molecule has 2 heterocycles. The van der Waals surface area contributed by atoms with Crippen LogP contribution >= 0.6 is 0 Å². The number of carbonyl (C=O) groups excluding carboxylic acids is 3. The Labute approximate surface area is 252 Å². The van der Waals surface area contributed by atoms with Gasteiger partial charge in [-0.2, -0.15) is 18.3 Å². The van der Waals surface area contributed by atoms with Gasteiger partial charge in [0.2, 0.25) is 11.8 Å². The van der Waals surface area contributed by atoms with Gasteiger partial charge in [-0.25, -0.2) is 9.67 Å². The molecule has 236 valence electrons. The van der Waals surface area contributed by atoms with E-state index in [-0.39, 0.29) is 37.7 Å². The first-order chi connectivity index (χ1) is 20.9. The number of nitrogens with one attached hydrogen (secondary N) is 2. The third-order valence-electron chi connectivity index (χ3n) is 6.96. The topological polar surface area (TPSA) is 128 Å². The van der Waals surface area contributed by atoms with Gasteiger partial charge in [-0.05, 0) is 24.1 Å². The van der Waals surface area contributed by atoms with Crippen LogP contribution in [0.2, 0.25) is 0 Å². The number of amides is 3. The number of hydrogen-bond donors (Lipinski definition) is 2. The van der Waals surface area contributed by atoms with Gasteiger partial charge in [0.1, 0.15) is 6.61 Å². The minimum Gasteiger partial charge on any atom is -0.493 e. The first kappa shape index (κ1) is 32.3. The molecular weight excluding hydrogens is 581 g/mol. The summed E-state index contributed by atoms with van der Waals surface area (Å²) in [6, 6.07) is 13.2. The summed E-state index contributed by atoms with van der Waals surface area (Å²) in [6.45, 7) is 3.30. The van der Waals surface area contributed by atoms with Crippen molar-refractivity contribution in [2.75, 3.05) is 33.4 Å². The van der Waals surface area contributed by atoms with E-state index in [1.807, 2.05) is 44.2 Å². The van der Waals surface area contributed by atoms with Crippen LogP contribution in [0, 0.1) is 5.92 Å². The predicted octanol–water partition coefficient (Wildman–Crippen LogP) is 3.76. The summed E-state index contributed by atoms with van der Waals surface area (Å²) in [5, 5.41) is 10.2. The average molecular weight is 617 g/mol. The van der Waals surface area contributed by atoms with E-state index in [0.29, 0.717) is 23.1 Å². The minimum atomic E-state index is -4.54. The summed E-state index contributed by atoms with van der Waals surface area (Å²) in [7, 11) is 1.47. The molecule has 14 heteroatoms. The van der Waals surface area contributed by atoms with Gasteiger partial charge in [0.25, 0.3) is 5.91 Å². The number of methoxy groups -OCH3 is 1. The monoisotopic (exact) mass is 616 g/mol. The maximum absolute atomic E-state index is 13.3. The summed E-state index contributed by atoms with van der Waals surface area (Å²) in [5.74, 6) is -0.561. The SMILES string of the molecule is COc1ccc2cc1OCCn1nc(-c3ccccc3)nc1[C@@H](C(C)C)NC(=O)CN(C(=O)CCC(F)(F)F)CCNC2=O. The van der Waals surface area contributed by atoms with Gasteiger partial charge < -0.3 is 25.0 Å². The van der Waals surface area contributed by atoms with Crippen LogP contribution in [0.4, 0.5) is 13.2 Å². The number of aromatic nitrogens is 3. The summed E-state index contributed by atoms with van der Waals surface area (Å²) >= 11 is 0. The van der Waals surface area contributed by atoms with E-state index in [4.69, 9.17) is 14.5 Å². The van der Waals surface area contributed by atoms with Crippen molar-refractivity contribution in [2.45, 2.75) is 45.5 Å². The highest BCUT2D eigenvalue weighted by Gasteiger charge is 2.31. The highest BCUT2D eigenvalue weighted by molar-refractivity contribution is 5.95. The first-order valence-corrected chi connectivity index (χ1v) is 14.2. The summed E-state index contributed by atoms with van der Waals surface area (Å²) in [6.07, 6.45) is -6.70. The van der Waals surface area contributed by atoms with E-state index in [1.54, 1.807) is 10.7 Å². The zero-order valence-corrected chi connectivity index (χ0v) is 24.7. The highest BCUT2D eigenvalue weighted by atomic mass is 19.4. The Morgan fingerprint density at radius 2 is 1.86 bits per heavy atom. The van der Waals surface area contributed by atoms with E-state index in [9.17, 15) is 27.6 Å². The number of halogens is 3. The van der Waals surface area contributed by atoms with Gasteiger partial charge in [-0.15, -0.1) is 0 Å². The number of nitrogens with zero attached hydrogens (tertiary/aromatic N) is 4. The van der Waals surface area contributed by atoms with Crippen LogP contribution < -0.4 is 20.1 Å². The van der Waals surface area contributed by atoms with Gasteiger partial charge in [-0.3, -0.25) is 14.4 Å². The van der Waals surface area contributed by atoms with Gasteiger partial charge in [0, 0.05) is 30.6 Å². The largest absolute Gasteiger partial charge is 0.493 e. The molecule has 0 saturated carbocycles. The zero-order valence-electron chi connectivity index (χ0n) is 24.7. The van der Waals surface area contributed by atoms with Crippen LogP contribution in [0.5, 0.6) is 11.5 Å². The molecule has 2 bridgehead atoms. The van der Waals surface area contributed by atoms with E-state index in [1.165, 1.54) is 19.2 Å². The standard InChI is InChI=1S/C30H35F3N6O5/c1-19(2)26-28-36-27(20-7-5-4-6-8-20)37-39(28)15-16-44-23-17-21(9-10-22(23)43-3)29(42)34-13-14-38(18-24(40)35-26)25(41)11-12-30(31,32)33/h4-10,17,19,26H,11-16,18H2,1-3H3,(H,34,42)(H,35,40)/t26-/m1/s1. The molecule has 3 aromatic rings. The predicted molar refractivity (Wildman–Crippen MR) is 154 cm³/mol. The lowest BCUT2D eigenvalue weighted by atomic mass is 10.0. The van der Waals surface area contributed by atoms with E-state index >= 15 is 0 Å². The molecule has 0 fully saturated rings. The minimum absolute atomic E-state index is 0.103. The zero-order chi connectivity index (χ0) is 31.9. The Morgan fingerprint density at radius 1 is 1.11 bits per heavy atom. The summed E-state index contributed by atoms with van der Waals surface area (Å²) in [5.41, 5.74) is 0.997. The van der Waals surface area contributed by atoms with Crippen molar-refractivity contribution < 1.29 is 37.0 Å². The summed E-state index contributed by atoms with van der Waals surface area (Å²) < 4.78 is 51.7. The lowest BCUT2D eigenvalue weighted by molar-refractivity contribution is -0.150. The van der Waals surface area contributed by atoms with Gasteiger partial charge in [-0.1, -0.05) is 44.2 Å². The van der Waals surface area contributed by atoms with Crippen molar-refractivity contribution >= 4 is 17.7 Å². The fourth-order valence-electron chi connectivity index (χ4n) is 4.66. The Balaban J connectivity index is 1.71. The molecule has 1 aliphatic rings. The number of fused-ring (bicyclic) bond motifs is 3. The third-order valence-corrected chi connectivity index (χ3v) is 6.96. The highest BCUT2D eigenvalue weighted by Crippen LogP contribution is 2.29. The van der Waals surface area contributed by atoms with Crippen LogP contribution in [0.1, 0.15) is 48.9 Å². The van der Waals surface area contributed by atoms with Crippen molar-refractivity contribution in [1.82, 2.24) is 30.3 Å². The second-order valence-corrected chi connectivity index (χ2v) is 10.6. The number of carbonyl (C=O) groups is 3. The number of benzene rings is 2. The molecule has 0 aliphatic carbocycles. The van der Waals surface area contributed by atoms with Crippen LogP contribution in [0.3, 0.4) is 0 Å². The molecule has 2 aromatic carbocycles. The van der Waals surface area contributed by atoms with Crippen molar-refractivity contribution in [3.63, 3.8) is 0 Å². The molecule has 0 unspecified atom stereocenters. The molecule has 1 aromatic heterocycles. The van der Waals surface area contributed by atoms with Crippen LogP contribution in [-0.4, -0.2) is 76.9 Å². The van der Waals surface area contributed by atoms with Gasteiger partial charge in [0.15, 0.2) is 23.1 Å².